The number of hydrogen-bond donors (Lipinski definition) is 0. The maximum atomic E-state index is 11.9. The van der Waals surface area contributed by atoms with Gasteiger partial charge < -0.3 is 0 Å². The van der Waals surface area contributed by atoms with Gasteiger partial charge in [0.05, 0.1) is 16.2 Å². The minimum absolute atomic E-state index is 0. The molecular formula is C12H15NO2S. The number of para-hydroxylation sites is 1. The number of rotatable bonds is 2. The van der Waals surface area contributed by atoms with Gasteiger partial charge >= 0.3 is 0 Å². The molecule has 0 aliphatic rings. The summed E-state index contributed by atoms with van der Waals surface area (Å²) < 4.78 is 23.8. The Kier molecular flexibility index (Phi) is 2.68. The van der Waals surface area contributed by atoms with E-state index in [9.17, 15) is 8.42 Å². The van der Waals surface area contributed by atoms with Crippen LogP contribution in [-0.4, -0.2) is 19.2 Å². The van der Waals surface area contributed by atoms with Gasteiger partial charge in [-0.1, -0.05) is 19.1 Å². The average molecular weight is 237 g/mol. The van der Waals surface area contributed by atoms with E-state index in [2.05, 4.69) is 4.98 Å². The van der Waals surface area contributed by atoms with E-state index in [0.717, 1.165) is 10.9 Å². The number of nitrogens with zero attached hydrogens (tertiary/aromatic N) is 1. The van der Waals surface area contributed by atoms with E-state index in [0.29, 0.717) is 10.4 Å². The third kappa shape index (κ3) is 1.69. The van der Waals surface area contributed by atoms with Crippen molar-refractivity contribution >= 4 is 20.7 Å². The summed E-state index contributed by atoms with van der Waals surface area (Å²) in [6.07, 6.45) is 1.65. The molecule has 0 atom stereocenters. The molecule has 0 amide bonds. The Morgan fingerprint density at radius 3 is 2.75 bits per heavy atom. The normalized spacial score (nSPS) is 11.9. The Bertz CT molecular complexity index is 638. The topological polar surface area (TPSA) is 47.0 Å². The Balaban J connectivity index is 0.00000144. The predicted octanol–water partition coefficient (Wildman–Crippen LogP) is 2.58. The third-order valence-corrected chi connectivity index (χ3v) is 4.43. The van der Waals surface area contributed by atoms with E-state index in [1.165, 1.54) is 0 Å². The van der Waals surface area contributed by atoms with Crippen molar-refractivity contribution in [3.63, 3.8) is 0 Å². The summed E-state index contributed by atoms with van der Waals surface area (Å²) in [5, 5.41) is 0.900. The smallest absolute Gasteiger partial charge is 0.180 e. The fraction of sp³-hybridized carbons (Fsp3) is 0.250. The molecule has 0 unspecified atom stereocenters. The number of hydrogen-bond acceptors (Lipinski definition) is 3. The Hall–Kier alpha value is -1.42. The van der Waals surface area contributed by atoms with Crippen molar-refractivity contribution in [3.05, 3.63) is 36.0 Å². The lowest BCUT2D eigenvalue weighted by molar-refractivity contribution is 0.598. The molecule has 1 heterocycles. The number of aromatic nitrogens is 1. The van der Waals surface area contributed by atoms with Crippen molar-refractivity contribution in [1.82, 2.24) is 4.98 Å². The van der Waals surface area contributed by atoms with Gasteiger partial charge in [0.25, 0.3) is 0 Å². The molecule has 0 saturated carbocycles. The molecule has 0 saturated heterocycles. The largest absolute Gasteiger partial charge is 0.255 e. The minimum Gasteiger partial charge on any atom is -0.255 e. The summed E-state index contributed by atoms with van der Waals surface area (Å²) in [6, 6.07) is 7.16. The molecule has 0 spiro atoms. The zero-order chi connectivity index (χ0) is 11.8. The first-order valence-electron chi connectivity index (χ1n) is 5.13. The van der Waals surface area contributed by atoms with Gasteiger partial charge in [-0.3, -0.25) is 4.98 Å². The molecule has 86 valence electrons. The lowest BCUT2D eigenvalue weighted by atomic mass is 10.1. The van der Waals surface area contributed by atoms with Crippen LogP contribution in [0.4, 0.5) is 0 Å². The highest BCUT2D eigenvalue weighted by molar-refractivity contribution is 7.91. The standard InChI is InChI=1S/C12H13NO2S.H2/c1-3-16(14,15)11-6-4-5-10-9(2)7-8-13-12(10)11;/h4-8H,3H2,1-2H3;1H. The van der Waals surface area contributed by atoms with E-state index in [4.69, 9.17) is 0 Å². The fourth-order valence-electron chi connectivity index (χ4n) is 1.69. The zero-order valence-electron chi connectivity index (χ0n) is 9.27. The molecule has 1 aromatic heterocycles. The molecule has 0 aliphatic heterocycles. The monoisotopic (exact) mass is 237 g/mol. The maximum absolute atomic E-state index is 11.9. The SMILES string of the molecule is CCS(=O)(=O)c1cccc2c(C)ccnc12.[HH]. The van der Waals surface area contributed by atoms with Crippen LogP contribution in [0.15, 0.2) is 35.4 Å². The Morgan fingerprint density at radius 1 is 1.31 bits per heavy atom. The first-order valence-corrected chi connectivity index (χ1v) is 6.78. The molecule has 0 bridgehead atoms. The molecule has 0 radical (unpaired) electrons. The Morgan fingerprint density at radius 2 is 2.06 bits per heavy atom. The minimum atomic E-state index is -3.20. The van der Waals surface area contributed by atoms with Crippen LogP contribution >= 0.6 is 0 Å². The second kappa shape index (κ2) is 3.87. The number of pyridine rings is 1. The highest BCUT2D eigenvalue weighted by Crippen LogP contribution is 2.23. The average Bonchev–Trinajstić information content (AvgIpc) is 2.29. The lowest BCUT2D eigenvalue weighted by Crippen LogP contribution is -2.05. The highest BCUT2D eigenvalue weighted by Gasteiger charge is 2.16. The number of benzene rings is 1. The van der Waals surface area contributed by atoms with Gasteiger partial charge in [0, 0.05) is 13.0 Å². The molecule has 2 rings (SSSR count). The number of aryl methyl sites for hydroxylation is 1. The van der Waals surface area contributed by atoms with Crippen LogP contribution in [0.2, 0.25) is 0 Å². The van der Waals surface area contributed by atoms with Crippen LogP contribution in [0.1, 0.15) is 13.9 Å². The molecule has 2 aromatic rings. The van der Waals surface area contributed by atoms with Gasteiger partial charge in [0.2, 0.25) is 0 Å². The number of sulfone groups is 1. The van der Waals surface area contributed by atoms with Crippen molar-refractivity contribution in [3.8, 4) is 0 Å². The van der Waals surface area contributed by atoms with E-state index >= 15 is 0 Å². The van der Waals surface area contributed by atoms with Gasteiger partial charge in [-0.25, -0.2) is 8.42 Å². The van der Waals surface area contributed by atoms with Gasteiger partial charge in [-0.15, -0.1) is 0 Å². The van der Waals surface area contributed by atoms with Crippen LogP contribution in [0.5, 0.6) is 0 Å². The van der Waals surface area contributed by atoms with Crippen LogP contribution < -0.4 is 0 Å². The van der Waals surface area contributed by atoms with Crippen molar-refractivity contribution in [1.29, 1.82) is 0 Å². The molecule has 0 N–H and O–H groups in total. The zero-order valence-corrected chi connectivity index (χ0v) is 10.1. The van der Waals surface area contributed by atoms with Crippen molar-refractivity contribution in [2.45, 2.75) is 18.7 Å². The Labute approximate surface area is 96.5 Å². The summed E-state index contributed by atoms with van der Waals surface area (Å²) >= 11 is 0. The molecule has 1 aromatic carbocycles. The maximum Gasteiger partial charge on any atom is 0.180 e. The summed E-state index contributed by atoms with van der Waals surface area (Å²) in [4.78, 5) is 4.51. The first-order chi connectivity index (χ1) is 7.56. The number of fused-ring (bicyclic) bond motifs is 1. The predicted molar refractivity (Wildman–Crippen MR) is 66.3 cm³/mol. The van der Waals surface area contributed by atoms with Crippen LogP contribution in [-0.2, 0) is 9.84 Å². The summed E-state index contributed by atoms with van der Waals surface area (Å²) in [7, 11) is -3.20. The van der Waals surface area contributed by atoms with Gasteiger partial charge in [-0.05, 0) is 24.6 Å². The van der Waals surface area contributed by atoms with E-state index < -0.39 is 9.84 Å². The fourth-order valence-corrected chi connectivity index (χ4v) is 2.75. The van der Waals surface area contributed by atoms with E-state index in [1.807, 2.05) is 19.1 Å². The molecule has 3 nitrogen and oxygen atoms in total. The summed E-state index contributed by atoms with van der Waals surface area (Å²) in [6.45, 7) is 3.59. The van der Waals surface area contributed by atoms with Gasteiger partial charge in [0.15, 0.2) is 9.84 Å². The molecule has 0 fully saturated rings. The molecule has 0 aliphatic carbocycles. The quantitative estimate of drug-likeness (QED) is 0.806. The first kappa shape index (κ1) is 11.1. The lowest BCUT2D eigenvalue weighted by Gasteiger charge is -2.06. The van der Waals surface area contributed by atoms with E-state index in [-0.39, 0.29) is 7.18 Å². The van der Waals surface area contributed by atoms with Gasteiger partial charge in [0.1, 0.15) is 0 Å². The molecular weight excluding hydrogens is 222 g/mol. The van der Waals surface area contributed by atoms with Crippen LogP contribution in [0, 0.1) is 6.92 Å². The van der Waals surface area contributed by atoms with Crippen molar-refractivity contribution < 1.29 is 9.84 Å². The second-order valence-electron chi connectivity index (χ2n) is 3.68. The van der Waals surface area contributed by atoms with Crippen molar-refractivity contribution in [2.24, 2.45) is 0 Å². The van der Waals surface area contributed by atoms with Crippen molar-refractivity contribution in [2.75, 3.05) is 5.75 Å². The third-order valence-electron chi connectivity index (χ3n) is 2.67. The molecule has 16 heavy (non-hydrogen) atoms. The second-order valence-corrected chi connectivity index (χ2v) is 5.93. The highest BCUT2D eigenvalue weighted by atomic mass is 32.2. The summed E-state index contributed by atoms with van der Waals surface area (Å²) in [5.41, 5.74) is 1.61. The summed E-state index contributed by atoms with van der Waals surface area (Å²) in [5.74, 6) is 0.0989. The molecule has 4 heteroatoms. The van der Waals surface area contributed by atoms with Gasteiger partial charge in [-0.2, -0.15) is 0 Å². The van der Waals surface area contributed by atoms with Crippen LogP contribution in [0.25, 0.3) is 10.9 Å². The van der Waals surface area contributed by atoms with E-state index in [1.54, 1.807) is 25.3 Å². The van der Waals surface area contributed by atoms with Crippen LogP contribution in [0.3, 0.4) is 0 Å².